The number of halogens is 1. The van der Waals surface area contributed by atoms with E-state index in [-0.39, 0.29) is 24.2 Å². The van der Waals surface area contributed by atoms with Crippen molar-refractivity contribution in [2.24, 2.45) is 11.8 Å². The molecule has 2 amide bonds. The maximum Gasteiger partial charge on any atom is 0.224 e. The molecule has 0 saturated carbocycles. The third-order valence-corrected chi connectivity index (χ3v) is 4.24. The van der Waals surface area contributed by atoms with Crippen molar-refractivity contribution in [3.05, 3.63) is 29.8 Å². The number of benzene rings is 1. The molecular formula is C19H30ClN3O2. The van der Waals surface area contributed by atoms with Gasteiger partial charge in [-0.15, -0.1) is 12.4 Å². The Balaban J connectivity index is 0.00000312. The lowest BCUT2D eigenvalue weighted by Crippen LogP contribution is -2.23. The highest BCUT2D eigenvalue weighted by Crippen LogP contribution is 2.15. The second-order valence-corrected chi connectivity index (χ2v) is 7.02. The standard InChI is InChI=1S/C19H29N3O2.ClH/c1-14(2)10-19(24)22-17-5-3-4-16(11-17)13-21-18(23)7-6-15-8-9-20-12-15;/h3-5,11,14-15,20H,6-10,12-13H2,1-2H3,(H,21,23)(H,22,24);1H. The summed E-state index contributed by atoms with van der Waals surface area (Å²) in [4.78, 5) is 23.8. The molecule has 0 bridgehead atoms. The van der Waals surface area contributed by atoms with Gasteiger partial charge in [0.15, 0.2) is 0 Å². The largest absolute Gasteiger partial charge is 0.352 e. The molecule has 0 spiro atoms. The van der Waals surface area contributed by atoms with Gasteiger partial charge in [-0.2, -0.15) is 0 Å². The Hall–Kier alpha value is -1.59. The van der Waals surface area contributed by atoms with Crippen LogP contribution in [0.5, 0.6) is 0 Å². The average Bonchev–Trinajstić information content (AvgIpc) is 3.04. The summed E-state index contributed by atoms with van der Waals surface area (Å²) in [7, 11) is 0. The van der Waals surface area contributed by atoms with E-state index in [1.807, 2.05) is 38.1 Å². The first-order chi connectivity index (χ1) is 11.5. The fraction of sp³-hybridized carbons (Fsp3) is 0.579. The van der Waals surface area contributed by atoms with E-state index in [1.165, 1.54) is 6.42 Å². The minimum atomic E-state index is 0. The van der Waals surface area contributed by atoms with Crippen LogP contribution in [0.4, 0.5) is 5.69 Å². The molecule has 1 fully saturated rings. The number of amides is 2. The third-order valence-electron chi connectivity index (χ3n) is 4.24. The fourth-order valence-electron chi connectivity index (χ4n) is 2.93. The molecule has 1 saturated heterocycles. The number of carbonyl (C=O) groups is 2. The van der Waals surface area contributed by atoms with Crippen molar-refractivity contribution in [2.75, 3.05) is 18.4 Å². The lowest BCUT2D eigenvalue weighted by Gasteiger charge is -2.11. The van der Waals surface area contributed by atoms with Crippen LogP contribution in [0.25, 0.3) is 0 Å². The SMILES string of the molecule is CC(C)CC(=O)Nc1cccc(CNC(=O)CCC2CCNC2)c1.Cl. The Bertz CT molecular complexity index is 557. The Kier molecular flexibility index (Phi) is 9.53. The normalized spacial score (nSPS) is 16.4. The fourth-order valence-corrected chi connectivity index (χ4v) is 2.93. The molecule has 1 aliphatic rings. The van der Waals surface area contributed by atoms with Crippen molar-refractivity contribution in [2.45, 2.75) is 46.1 Å². The molecule has 1 unspecified atom stereocenters. The van der Waals surface area contributed by atoms with Crippen LogP contribution in [-0.2, 0) is 16.1 Å². The van der Waals surface area contributed by atoms with E-state index in [9.17, 15) is 9.59 Å². The predicted octanol–water partition coefficient (Wildman–Crippen LogP) is 3.10. The molecule has 2 rings (SSSR count). The molecule has 0 radical (unpaired) electrons. The summed E-state index contributed by atoms with van der Waals surface area (Å²) in [6.07, 6.45) is 3.21. The molecule has 1 aromatic carbocycles. The number of hydrogen-bond donors (Lipinski definition) is 3. The van der Waals surface area contributed by atoms with Crippen molar-refractivity contribution < 1.29 is 9.59 Å². The first kappa shape index (κ1) is 21.5. The van der Waals surface area contributed by atoms with Crippen LogP contribution in [0.1, 0.15) is 45.1 Å². The number of carbonyl (C=O) groups excluding carboxylic acids is 2. The molecule has 0 aromatic heterocycles. The van der Waals surface area contributed by atoms with Gasteiger partial charge >= 0.3 is 0 Å². The predicted molar refractivity (Wildman–Crippen MR) is 104 cm³/mol. The van der Waals surface area contributed by atoms with Gasteiger partial charge in [-0.1, -0.05) is 26.0 Å². The van der Waals surface area contributed by atoms with Gasteiger partial charge in [-0.25, -0.2) is 0 Å². The summed E-state index contributed by atoms with van der Waals surface area (Å²) in [6, 6.07) is 7.64. The molecular weight excluding hydrogens is 338 g/mol. The number of anilines is 1. The minimum absolute atomic E-state index is 0. The van der Waals surface area contributed by atoms with Crippen molar-refractivity contribution in [3.8, 4) is 0 Å². The van der Waals surface area contributed by atoms with Gasteiger partial charge in [0, 0.05) is 25.1 Å². The van der Waals surface area contributed by atoms with Gasteiger partial charge in [-0.3, -0.25) is 9.59 Å². The van der Waals surface area contributed by atoms with E-state index in [2.05, 4.69) is 16.0 Å². The maximum absolute atomic E-state index is 12.0. The van der Waals surface area contributed by atoms with Gasteiger partial charge in [0.1, 0.15) is 0 Å². The molecule has 1 aliphatic heterocycles. The summed E-state index contributed by atoms with van der Waals surface area (Å²) in [5.41, 5.74) is 1.78. The summed E-state index contributed by atoms with van der Waals surface area (Å²) < 4.78 is 0. The van der Waals surface area contributed by atoms with Crippen LogP contribution in [0, 0.1) is 11.8 Å². The Morgan fingerprint density at radius 1 is 1.28 bits per heavy atom. The minimum Gasteiger partial charge on any atom is -0.352 e. The van der Waals surface area contributed by atoms with Gasteiger partial charge in [0.05, 0.1) is 0 Å². The first-order valence-electron chi connectivity index (χ1n) is 8.89. The lowest BCUT2D eigenvalue weighted by atomic mass is 10.0. The molecule has 140 valence electrons. The van der Waals surface area contributed by atoms with Crippen LogP contribution in [0.15, 0.2) is 24.3 Å². The Morgan fingerprint density at radius 3 is 2.76 bits per heavy atom. The topological polar surface area (TPSA) is 70.2 Å². The number of rotatable bonds is 8. The summed E-state index contributed by atoms with van der Waals surface area (Å²) in [5, 5.41) is 9.19. The zero-order valence-corrected chi connectivity index (χ0v) is 16.0. The molecule has 25 heavy (non-hydrogen) atoms. The van der Waals surface area contributed by atoms with E-state index < -0.39 is 0 Å². The summed E-state index contributed by atoms with van der Waals surface area (Å²) in [5.74, 6) is 1.09. The smallest absolute Gasteiger partial charge is 0.224 e. The molecule has 0 aliphatic carbocycles. The van der Waals surface area contributed by atoms with Crippen molar-refractivity contribution in [1.82, 2.24) is 10.6 Å². The molecule has 1 aromatic rings. The van der Waals surface area contributed by atoms with Crippen molar-refractivity contribution in [1.29, 1.82) is 0 Å². The van der Waals surface area contributed by atoms with Crippen LogP contribution in [0.2, 0.25) is 0 Å². The third kappa shape index (κ3) is 8.36. The van der Waals surface area contributed by atoms with Crippen molar-refractivity contribution >= 4 is 29.9 Å². The lowest BCUT2D eigenvalue weighted by molar-refractivity contribution is -0.121. The number of nitrogens with one attached hydrogen (secondary N) is 3. The second-order valence-electron chi connectivity index (χ2n) is 7.02. The second kappa shape index (κ2) is 11.1. The van der Waals surface area contributed by atoms with Gasteiger partial charge in [0.25, 0.3) is 0 Å². The average molecular weight is 368 g/mol. The molecule has 1 heterocycles. The van der Waals surface area contributed by atoms with E-state index in [1.54, 1.807) is 0 Å². The molecule has 3 N–H and O–H groups in total. The van der Waals surface area contributed by atoms with Crippen LogP contribution >= 0.6 is 12.4 Å². The first-order valence-corrected chi connectivity index (χ1v) is 8.89. The molecule has 6 heteroatoms. The van der Waals surface area contributed by atoms with Crippen LogP contribution in [0.3, 0.4) is 0 Å². The Labute approximate surface area is 156 Å². The van der Waals surface area contributed by atoms with E-state index in [0.717, 1.165) is 30.8 Å². The zero-order valence-electron chi connectivity index (χ0n) is 15.1. The van der Waals surface area contributed by atoms with E-state index in [0.29, 0.717) is 31.2 Å². The molecule has 1 atom stereocenters. The highest BCUT2D eigenvalue weighted by molar-refractivity contribution is 5.90. The van der Waals surface area contributed by atoms with Gasteiger partial charge < -0.3 is 16.0 Å². The van der Waals surface area contributed by atoms with Crippen LogP contribution < -0.4 is 16.0 Å². The molecule has 5 nitrogen and oxygen atoms in total. The highest BCUT2D eigenvalue weighted by Gasteiger charge is 2.15. The van der Waals surface area contributed by atoms with Crippen molar-refractivity contribution in [3.63, 3.8) is 0 Å². The summed E-state index contributed by atoms with van der Waals surface area (Å²) >= 11 is 0. The zero-order chi connectivity index (χ0) is 17.4. The highest BCUT2D eigenvalue weighted by atomic mass is 35.5. The monoisotopic (exact) mass is 367 g/mol. The summed E-state index contributed by atoms with van der Waals surface area (Å²) in [6.45, 7) is 6.64. The van der Waals surface area contributed by atoms with Gasteiger partial charge in [-0.05, 0) is 55.5 Å². The quantitative estimate of drug-likeness (QED) is 0.661. The van der Waals surface area contributed by atoms with Gasteiger partial charge in [0.2, 0.25) is 11.8 Å². The Morgan fingerprint density at radius 2 is 2.08 bits per heavy atom. The van der Waals surface area contributed by atoms with E-state index in [4.69, 9.17) is 0 Å². The van der Waals surface area contributed by atoms with Crippen LogP contribution in [-0.4, -0.2) is 24.9 Å². The van der Waals surface area contributed by atoms with E-state index >= 15 is 0 Å². The maximum atomic E-state index is 12.0. The number of hydrogen-bond acceptors (Lipinski definition) is 3.